The van der Waals surface area contributed by atoms with E-state index in [0.717, 1.165) is 5.56 Å². The van der Waals surface area contributed by atoms with E-state index >= 15 is 0 Å². The average Bonchev–Trinajstić information content (AvgIpc) is 2.81. The van der Waals surface area contributed by atoms with Gasteiger partial charge >= 0.3 is 0 Å². The van der Waals surface area contributed by atoms with Crippen LogP contribution in [0.15, 0.2) is 28.8 Å². The molecular formula is C11H10NO3. The van der Waals surface area contributed by atoms with Crippen molar-refractivity contribution in [2.45, 2.75) is 0 Å². The molecule has 4 heteroatoms. The molecule has 0 amide bonds. The van der Waals surface area contributed by atoms with E-state index in [1.54, 1.807) is 20.3 Å². The van der Waals surface area contributed by atoms with Gasteiger partial charge in [-0.1, -0.05) is 0 Å². The first-order chi connectivity index (χ1) is 7.33. The zero-order valence-electron chi connectivity index (χ0n) is 8.48. The van der Waals surface area contributed by atoms with Crippen molar-refractivity contribution in [2.75, 3.05) is 14.2 Å². The molecule has 0 aliphatic rings. The van der Waals surface area contributed by atoms with E-state index < -0.39 is 0 Å². The van der Waals surface area contributed by atoms with Crippen LogP contribution < -0.4 is 9.47 Å². The quantitative estimate of drug-likeness (QED) is 0.768. The molecule has 0 spiro atoms. The van der Waals surface area contributed by atoms with Gasteiger partial charge in [-0.2, -0.15) is 0 Å². The lowest BCUT2D eigenvalue weighted by Gasteiger charge is -2.05. The summed E-state index contributed by atoms with van der Waals surface area (Å²) in [6.07, 6.45) is 4.01. The van der Waals surface area contributed by atoms with E-state index in [9.17, 15) is 0 Å². The van der Waals surface area contributed by atoms with Gasteiger partial charge in [0.1, 0.15) is 11.5 Å². The van der Waals surface area contributed by atoms with Crippen LogP contribution >= 0.6 is 0 Å². The average molecular weight is 204 g/mol. The smallest absolute Gasteiger partial charge is 0.227 e. The van der Waals surface area contributed by atoms with Crippen molar-refractivity contribution in [2.24, 2.45) is 0 Å². The van der Waals surface area contributed by atoms with Crippen molar-refractivity contribution in [3.05, 3.63) is 30.7 Å². The Bertz CT molecular complexity index is 415. The second kappa shape index (κ2) is 4.04. The number of aromatic nitrogens is 1. The minimum Gasteiger partial charge on any atom is -0.497 e. The molecule has 0 atom stereocenters. The highest BCUT2D eigenvalue weighted by molar-refractivity contribution is 5.59. The standard InChI is InChI=1S/C11H10NO3/c1-13-9-5-8(6-10(7-9)14-2)11-12-3-4-15-11/h3,5-7H,1-2H3. The Morgan fingerprint density at radius 3 is 2.27 bits per heavy atom. The van der Waals surface area contributed by atoms with Gasteiger partial charge < -0.3 is 13.9 Å². The summed E-state index contributed by atoms with van der Waals surface area (Å²) < 4.78 is 15.3. The molecule has 0 aliphatic heterocycles. The molecule has 0 fully saturated rings. The van der Waals surface area contributed by atoms with Gasteiger partial charge in [-0.05, 0) is 12.1 Å². The first-order valence-electron chi connectivity index (χ1n) is 4.39. The van der Waals surface area contributed by atoms with E-state index in [1.165, 1.54) is 6.20 Å². The van der Waals surface area contributed by atoms with Crippen LogP contribution in [0.1, 0.15) is 0 Å². The Labute approximate surface area is 87.5 Å². The van der Waals surface area contributed by atoms with Gasteiger partial charge in [0.05, 0.1) is 20.4 Å². The van der Waals surface area contributed by atoms with Crippen molar-refractivity contribution in [1.82, 2.24) is 4.98 Å². The van der Waals surface area contributed by atoms with E-state index in [1.807, 2.05) is 12.1 Å². The monoisotopic (exact) mass is 204 g/mol. The van der Waals surface area contributed by atoms with Crippen LogP contribution in [0.3, 0.4) is 0 Å². The summed E-state index contributed by atoms with van der Waals surface area (Å²) >= 11 is 0. The normalized spacial score (nSPS) is 10.0. The molecule has 0 saturated carbocycles. The topological polar surface area (TPSA) is 44.5 Å². The Morgan fingerprint density at radius 2 is 1.80 bits per heavy atom. The molecule has 1 aromatic heterocycles. The minimum absolute atomic E-state index is 0.493. The van der Waals surface area contributed by atoms with Gasteiger partial charge in [0, 0.05) is 11.6 Å². The molecule has 0 unspecified atom stereocenters. The molecule has 2 rings (SSSR count). The van der Waals surface area contributed by atoms with Crippen LogP contribution in [-0.4, -0.2) is 19.2 Å². The Hall–Kier alpha value is -1.97. The largest absolute Gasteiger partial charge is 0.497 e. The summed E-state index contributed by atoms with van der Waals surface area (Å²) in [6.45, 7) is 0. The number of oxazole rings is 1. The highest BCUT2D eigenvalue weighted by Crippen LogP contribution is 2.28. The van der Waals surface area contributed by atoms with Crippen LogP contribution in [0.4, 0.5) is 0 Å². The molecule has 1 aromatic carbocycles. The highest BCUT2D eigenvalue weighted by Gasteiger charge is 2.07. The van der Waals surface area contributed by atoms with Crippen molar-refractivity contribution in [1.29, 1.82) is 0 Å². The molecule has 0 N–H and O–H groups in total. The first kappa shape index (κ1) is 9.58. The summed E-state index contributed by atoms with van der Waals surface area (Å²) in [4.78, 5) is 4.00. The van der Waals surface area contributed by atoms with Crippen LogP contribution in [0.5, 0.6) is 11.5 Å². The summed E-state index contributed by atoms with van der Waals surface area (Å²) in [7, 11) is 3.19. The number of nitrogens with zero attached hydrogens (tertiary/aromatic N) is 1. The van der Waals surface area contributed by atoms with Gasteiger partial charge in [0.15, 0.2) is 6.26 Å². The molecule has 1 heterocycles. The summed E-state index contributed by atoms with van der Waals surface area (Å²) in [5.74, 6) is 1.89. The zero-order chi connectivity index (χ0) is 10.7. The number of hydrogen-bond acceptors (Lipinski definition) is 4. The maximum absolute atomic E-state index is 5.14. The fourth-order valence-corrected chi connectivity index (χ4v) is 1.26. The van der Waals surface area contributed by atoms with Gasteiger partial charge in [-0.25, -0.2) is 4.98 Å². The fraction of sp³-hybridized carbons (Fsp3) is 0.182. The second-order valence-corrected chi connectivity index (χ2v) is 2.88. The Morgan fingerprint density at radius 1 is 1.13 bits per heavy atom. The molecule has 4 nitrogen and oxygen atoms in total. The molecular weight excluding hydrogens is 194 g/mol. The molecule has 2 aromatic rings. The third kappa shape index (κ3) is 1.93. The number of ether oxygens (including phenoxy) is 2. The lowest BCUT2D eigenvalue weighted by molar-refractivity contribution is 0.394. The molecule has 77 valence electrons. The Kier molecular flexibility index (Phi) is 2.58. The van der Waals surface area contributed by atoms with Crippen LogP contribution in [0.25, 0.3) is 11.5 Å². The van der Waals surface area contributed by atoms with Crippen LogP contribution in [0, 0.1) is 6.26 Å². The lowest BCUT2D eigenvalue weighted by atomic mass is 10.2. The summed E-state index contributed by atoms with van der Waals surface area (Å²) in [5.41, 5.74) is 0.799. The van der Waals surface area contributed by atoms with Crippen molar-refractivity contribution >= 4 is 0 Å². The fourth-order valence-electron chi connectivity index (χ4n) is 1.26. The van der Waals surface area contributed by atoms with E-state index in [2.05, 4.69) is 11.2 Å². The highest BCUT2D eigenvalue weighted by atomic mass is 16.5. The van der Waals surface area contributed by atoms with Crippen molar-refractivity contribution in [3.63, 3.8) is 0 Å². The lowest BCUT2D eigenvalue weighted by Crippen LogP contribution is -1.88. The van der Waals surface area contributed by atoms with Crippen LogP contribution in [0.2, 0.25) is 0 Å². The molecule has 0 aliphatic carbocycles. The van der Waals surface area contributed by atoms with Gasteiger partial charge in [0.2, 0.25) is 5.89 Å². The summed E-state index contributed by atoms with van der Waals surface area (Å²) in [5, 5.41) is 0. The molecule has 0 saturated heterocycles. The summed E-state index contributed by atoms with van der Waals surface area (Å²) in [6, 6.07) is 5.43. The van der Waals surface area contributed by atoms with Gasteiger partial charge in [0.25, 0.3) is 0 Å². The predicted octanol–water partition coefficient (Wildman–Crippen LogP) is 2.16. The maximum atomic E-state index is 5.14. The third-order valence-electron chi connectivity index (χ3n) is 1.99. The van der Waals surface area contributed by atoms with Gasteiger partial charge in [-0.3, -0.25) is 0 Å². The number of rotatable bonds is 3. The second-order valence-electron chi connectivity index (χ2n) is 2.88. The van der Waals surface area contributed by atoms with E-state index in [0.29, 0.717) is 17.4 Å². The molecule has 15 heavy (non-hydrogen) atoms. The van der Waals surface area contributed by atoms with Gasteiger partial charge in [-0.15, -0.1) is 0 Å². The predicted molar refractivity (Wildman–Crippen MR) is 53.9 cm³/mol. The Balaban J connectivity index is 2.47. The number of methoxy groups -OCH3 is 2. The number of hydrogen-bond donors (Lipinski definition) is 0. The van der Waals surface area contributed by atoms with Crippen molar-refractivity contribution in [3.8, 4) is 23.0 Å². The molecule has 1 radical (unpaired) electrons. The maximum Gasteiger partial charge on any atom is 0.227 e. The van der Waals surface area contributed by atoms with Crippen LogP contribution in [-0.2, 0) is 0 Å². The number of benzene rings is 1. The minimum atomic E-state index is 0.493. The zero-order valence-corrected chi connectivity index (χ0v) is 8.48. The molecule has 0 bridgehead atoms. The third-order valence-corrected chi connectivity index (χ3v) is 1.99. The first-order valence-corrected chi connectivity index (χ1v) is 4.39. The SMILES string of the molecule is COc1cc(OC)cc(-c2nc[c]o2)c1. The van der Waals surface area contributed by atoms with Crippen molar-refractivity contribution < 1.29 is 13.9 Å². The van der Waals surface area contributed by atoms with E-state index in [-0.39, 0.29) is 0 Å². The van der Waals surface area contributed by atoms with E-state index in [4.69, 9.17) is 13.9 Å².